The molecule has 1 N–H and O–H groups in total. The number of hydrogen-bond donors (Lipinski definition) is 1. The summed E-state index contributed by atoms with van der Waals surface area (Å²) in [7, 11) is 0. The van der Waals surface area contributed by atoms with E-state index in [1.165, 1.54) is 0 Å². The highest BCUT2D eigenvalue weighted by Crippen LogP contribution is 2.17. The minimum absolute atomic E-state index is 0.647. The first-order chi connectivity index (χ1) is 6.79. The Morgan fingerprint density at radius 1 is 1.43 bits per heavy atom. The molecule has 68 valence electrons. The topological polar surface area (TPSA) is 52.5 Å². The van der Waals surface area contributed by atoms with E-state index in [0.717, 1.165) is 15.1 Å². The van der Waals surface area contributed by atoms with Gasteiger partial charge >= 0.3 is 0 Å². The molecule has 1 heterocycles. The number of aromatic amines is 1. The molecule has 0 saturated carbocycles. The maximum absolute atomic E-state index is 8.73. The second kappa shape index (κ2) is 3.80. The van der Waals surface area contributed by atoms with E-state index >= 15 is 0 Å². The Balaban J connectivity index is 2.47. The second-order valence-corrected chi connectivity index (χ2v) is 3.87. The molecule has 0 spiro atoms. The number of hydrogen-bond acceptors (Lipinski definition) is 2. The van der Waals surface area contributed by atoms with Gasteiger partial charge in [-0.25, -0.2) is 4.98 Å². The van der Waals surface area contributed by atoms with Crippen molar-refractivity contribution in [3.63, 3.8) is 0 Å². The third kappa shape index (κ3) is 1.77. The highest BCUT2D eigenvalue weighted by atomic mass is 127. The first kappa shape index (κ1) is 9.21. The van der Waals surface area contributed by atoms with Crippen LogP contribution in [0.3, 0.4) is 0 Å². The summed E-state index contributed by atoms with van der Waals surface area (Å²) in [5, 5.41) is 8.73. The molecule has 0 bridgehead atoms. The average Bonchev–Trinajstić information content (AvgIpc) is 2.65. The Bertz CT molecular complexity index is 496. The minimum atomic E-state index is 0.647. The zero-order chi connectivity index (χ0) is 9.97. The van der Waals surface area contributed by atoms with Gasteiger partial charge in [-0.3, -0.25) is 0 Å². The van der Waals surface area contributed by atoms with Crippen molar-refractivity contribution in [1.82, 2.24) is 9.97 Å². The van der Waals surface area contributed by atoms with Crippen LogP contribution in [-0.4, -0.2) is 9.97 Å². The van der Waals surface area contributed by atoms with Crippen molar-refractivity contribution in [2.75, 3.05) is 0 Å². The van der Waals surface area contributed by atoms with Crippen LogP contribution in [0.5, 0.6) is 0 Å². The monoisotopic (exact) mass is 295 g/mol. The van der Waals surface area contributed by atoms with Gasteiger partial charge in [0.15, 0.2) is 0 Å². The molecule has 0 unspecified atom stereocenters. The van der Waals surface area contributed by atoms with Gasteiger partial charge in [0.25, 0.3) is 0 Å². The highest BCUT2D eigenvalue weighted by Gasteiger charge is 2.02. The maximum atomic E-state index is 8.73. The molecule has 14 heavy (non-hydrogen) atoms. The lowest BCUT2D eigenvalue weighted by Crippen LogP contribution is -1.82. The van der Waals surface area contributed by atoms with Crippen molar-refractivity contribution in [3.05, 3.63) is 39.7 Å². The van der Waals surface area contributed by atoms with Gasteiger partial charge < -0.3 is 4.98 Å². The zero-order valence-corrected chi connectivity index (χ0v) is 9.32. The van der Waals surface area contributed by atoms with Crippen LogP contribution in [0, 0.1) is 15.0 Å². The van der Waals surface area contributed by atoms with Gasteiger partial charge in [-0.1, -0.05) is 12.1 Å². The molecule has 2 aromatic rings. The van der Waals surface area contributed by atoms with Gasteiger partial charge in [0.2, 0.25) is 0 Å². The fraction of sp³-hybridized carbons (Fsp3) is 0. The standard InChI is InChI=1S/C10H6IN3/c11-9-6-13-10(14-9)8-3-1-2-7(4-8)5-12/h1-4,6H,(H,13,14). The summed E-state index contributed by atoms with van der Waals surface area (Å²) in [5.74, 6) is 0.798. The molecule has 0 aliphatic carbocycles. The molecule has 1 aromatic carbocycles. The van der Waals surface area contributed by atoms with Crippen molar-refractivity contribution in [2.45, 2.75) is 0 Å². The Morgan fingerprint density at radius 2 is 2.29 bits per heavy atom. The normalized spacial score (nSPS) is 9.71. The van der Waals surface area contributed by atoms with Crippen LogP contribution >= 0.6 is 22.6 Å². The molecule has 0 atom stereocenters. The van der Waals surface area contributed by atoms with Crippen LogP contribution in [0.4, 0.5) is 0 Å². The van der Waals surface area contributed by atoms with Crippen LogP contribution in [0.25, 0.3) is 11.4 Å². The lowest BCUT2D eigenvalue weighted by atomic mass is 10.1. The maximum Gasteiger partial charge on any atom is 0.138 e. The van der Waals surface area contributed by atoms with E-state index in [1.807, 2.05) is 24.4 Å². The summed E-state index contributed by atoms with van der Waals surface area (Å²) in [6.07, 6.45) is 1.83. The van der Waals surface area contributed by atoms with Crippen molar-refractivity contribution in [3.8, 4) is 17.5 Å². The summed E-state index contributed by atoms with van der Waals surface area (Å²) in [4.78, 5) is 7.32. The third-order valence-electron chi connectivity index (χ3n) is 1.81. The van der Waals surface area contributed by atoms with E-state index in [4.69, 9.17) is 5.26 Å². The van der Waals surface area contributed by atoms with Crippen molar-refractivity contribution in [1.29, 1.82) is 5.26 Å². The number of nitrogens with zero attached hydrogens (tertiary/aromatic N) is 2. The molecule has 0 aliphatic rings. The smallest absolute Gasteiger partial charge is 0.138 e. The van der Waals surface area contributed by atoms with Crippen LogP contribution in [0.15, 0.2) is 30.5 Å². The van der Waals surface area contributed by atoms with Crippen LogP contribution in [-0.2, 0) is 0 Å². The Morgan fingerprint density at radius 3 is 2.93 bits per heavy atom. The predicted molar refractivity (Wildman–Crippen MR) is 61.5 cm³/mol. The zero-order valence-electron chi connectivity index (χ0n) is 7.16. The molecule has 0 aliphatic heterocycles. The first-order valence-corrected chi connectivity index (χ1v) is 5.09. The van der Waals surface area contributed by atoms with Gasteiger partial charge in [-0.15, -0.1) is 0 Å². The summed E-state index contributed by atoms with van der Waals surface area (Å²) in [5.41, 5.74) is 1.58. The number of aromatic nitrogens is 2. The fourth-order valence-corrected chi connectivity index (χ4v) is 1.58. The molecule has 2 rings (SSSR count). The largest absolute Gasteiger partial charge is 0.344 e. The number of benzene rings is 1. The van der Waals surface area contributed by atoms with E-state index in [2.05, 4.69) is 38.6 Å². The molecular formula is C10H6IN3. The number of imidazole rings is 1. The fourth-order valence-electron chi connectivity index (χ4n) is 1.18. The van der Waals surface area contributed by atoms with E-state index in [1.54, 1.807) is 6.07 Å². The molecule has 0 radical (unpaired) electrons. The Labute approximate surface area is 94.9 Å². The average molecular weight is 295 g/mol. The Hall–Kier alpha value is -1.35. The van der Waals surface area contributed by atoms with E-state index in [9.17, 15) is 0 Å². The third-order valence-corrected chi connectivity index (χ3v) is 2.36. The molecule has 1 aromatic heterocycles. The second-order valence-electron chi connectivity index (χ2n) is 2.76. The van der Waals surface area contributed by atoms with Crippen molar-refractivity contribution < 1.29 is 0 Å². The number of nitriles is 1. The van der Waals surface area contributed by atoms with E-state index in [0.29, 0.717) is 5.56 Å². The molecule has 0 fully saturated rings. The first-order valence-electron chi connectivity index (χ1n) is 4.01. The quantitative estimate of drug-likeness (QED) is 0.822. The lowest BCUT2D eigenvalue weighted by Gasteiger charge is -1.95. The van der Waals surface area contributed by atoms with Gasteiger partial charge in [-0.2, -0.15) is 5.26 Å². The van der Waals surface area contributed by atoms with Gasteiger partial charge in [0.1, 0.15) is 9.53 Å². The van der Waals surface area contributed by atoms with Crippen molar-refractivity contribution >= 4 is 22.6 Å². The number of halogens is 1. The van der Waals surface area contributed by atoms with E-state index < -0.39 is 0 Å². The molecular weight excluding hydrogens is 289 g/mol. The SMILES string of the molecule is N#Cc1cccc(-c2nc(I)c[nH]2)c1. The molecule has 0 saturated heterocycles. The minimum Gasteiger partial charge on any atom is -0.344 e. The lowest BCUT2D eigenvalue weighted by molar-refractivity contribution is 1.29. The molecule has 4 heteroatoms. The molecule has 0 amide bonds. The molecule has 3 nitrogen and oxygen atoms in total. The summed E-state index contributed by atoms with van der Waals surface area (Å²) < 4.78 is 0.917. The number of rotatable bonds is 1. The number of nitrogens with one attached hydrogen (secondary N) is 1. The predicted octanol–water partition coefficient (Wildman–Crippen LogP) is 2.55. The van der Waals surface area contributed by atoms with Gasteiger partial charge in [0.05, 0.1) is 11.6 Å². The summed E-state index contributed by atoms with van der Waals surface area (Å²) >= 11 is 2.14. The van der Waals surface area contributed by atoms with Crippen molar-refractivity contribution in [2.24, 2.45) is 0 Å². The number of H-pyrrole nitrogens is 1. The summed E-state index contributed by atoms with van der Waals surface area (Å²) in [6, 6.07) is 9.47. The van der Waals surface area contributed by atoms with Crippen LogP contribution < -0.4 is 0 Å². The van der Waals surface area contributed by atoms with Gasteiger partial charge in [-0.05, 0) is 34.7 Å². The van der Waals surface area contributed by atoms with E-state index in [-0.39, 0.29) is 0 Å². The Kier molecular flexibility index (Phi) is 2.50. The van der Waals surface area contributed by atoms with Crippen LogP contribution in [0.1, 0.15) is 5.56 Å². The van der Waals surface area contributed by atoms with Gasteiger partial charge in [0, 0.05) is 11.8 Å². The highest BCUT2D eigenvalue weighted by molar-refractivity contribution is 14.1. The van der Waals surface area contributed by atoms with Crippen LogP contribution in [0.2, 0.25) is 0 Å². The summed E-state index contributed by atoms with van der Waals surface area (Å²) in [6.45, 7) is 0.